The zero-order valence-electron chi connectivity index (χ0n) is 25.3. The summed E-state index contributed by atoms with van der Waals surface area (Å²) in [6, 6.07) is 13.3. The van der Waals surface area contributed by atoms with E-state index in [-0.39, 0.29) is 24.6 Å². The molecule has 0 aromatic carbocycles. The van der Waals surface area contributed by atoms with Gasteiger partial charge in [0, 0.05) is 42.1 Å². The topological polar surface area (TPSA) is 147 Å². The van der Waals surface area contributed by atoms with Crippen LogP contribution < -0.4 is 20.3 Å². The second-order valence-corrected chi connectivity index (χ2v) is 12.0. The summed E-state index contributed by atoms with van der Waals surface area (Å²) in [6.45, 7) is 9.40. The first kappa shape index (κ1) is 30.3. The number of pyridine rings is 3. The van der Waals surface area contributed by atoms with Gasteiger partial charge < -0.3 is 25.0 Å². The summed E-state index contributed by atoms with van der Waals surface area (Å²) < 4.78 is 12.8. The van der Waals surface area contributed by atoms with Crippen LogP contribution >= 0.6 is 0 Å². The minimum Gasteiger partial charge on any atom is -0.490 e. The van der Waals surface area contributed by atoms with Crippen molar-refractivity contribution >= 4 is 23.3 Å². The molecule has 2 amide bonds. The number of fused-ring (bicyclic) bond motifs is 1. The highest BCUT2D eigenvalue weighted by Gasteiger charge is 2.32. The lowest BCUT2D eigenvalue weighted by Crippen LogP contribution is -2.53. The average molecular weight is 597 g/mol. The van der Waals surface area contributed by atoms with E-state index < -0.39 is 11.7 Å². The second kappa shape index (κ2) is 12.6. The van der Waals surface area contributed by atoms with Gasteiger partial charge in [0.25, 0.3) is 5.91 Å². The molecule has 12 nitrogen and oxygen atoms in total. The summed E-state index contributed by atoms with van der Waals surface area (Å²) in [5.74, 6) is 1.19. The summed E-state index contributed by atoms with van der Waals surface area (Å²) >= 11 is 0. The third-order valence-electron chi connectivity index (χ3n) is 7.31. The molecule has 5 rings (SSSR count). The monoisotopic (exact) mass is 596 g/mol. The molecular formula is C32H36N8O4. The molecule has 1 saturated heterocycles. The molecule has 0 saturated carbocycles. The number of rotatable bonds is 8. The summed E-state index contributed by atoms with van der Waals surface area (Å²) in [5.41, 5.74) is 2.13. The van der Waals surface area contributed by atoms with Crippen LogP contribution in [0.5, 0.6) is 5.75 Å². The Bertz CT molecular complexity index is 1660. The molecule has 44 heavy (non-hydrogen) atoms. The lowest BCUT2D eigenvalue weighted by Gasteiger charge is -2.40. The first-order valence-electron chi connectivity index (χ1n) is 14.5. The van der Waals surface area contributed by atoms with Crippen molar-refractivity contribution in [1.29, 1.82) is 5.26 Å². The third-order valence-corrected chi connectivity index (χ3v) is 7.31. The highest BCUT2D eigenvalue weighted by molar-refractivity contribution is 5.92. The van der Waals surface area contributed by atoms with E-state index in [1.807, 2.05) is 18.2 Å². The molecule has 1 aliphatic rings. The number of aromatic nitrogens is 4. The predicted octanol–water partition coefficient (Wildman–Crippen LogP) is 4.36. The van der Waals surface area contributed by atoms with Crippen molar-refractivity contribution in [2.24, 2.45) is 0 Å². The summed E-state index contributed by atoms with van der Waals surface area (Å²) in [7, 11) is 0. The molecule has 228 valence electrons. The molecule has 12 heteroatoms. The Labute approximate surface area is 256 Å². The zero-order valence-corrected chi connectivity index (χ0v) is 25.3. The third kappa shape index (κ3) is 7.23. The second-order valence-electron chi connectivity index (χ2n) is 12.0. The smallest absolute Gasteiger partial charge is 0.407 e. The van der Waals surface area contributed by atoms with Crippen molar-refractivity contribution in [3.8, 4) is 22.9 Å². The van der Waals surface area contributed by atoms with Crippen LogP contribution in [0.2, 0.25) is 0 Å². The number of nitrogens with zero attached hydrogens (tertiary/aromatic N) is 6. The van der Waals surface area contributed by atoms with E-state index >= 15 is 0 Å². The van der Waals surface area contributed by atoms with Crippen LogP contribution in [0.1, 0.15) is 56.6 Å². The fourth-order valence-corrected chi connectivity index (χ4v) is 5.04. The first-order chi connectivity index (χ1) is 21.0. The fourth-order valence-electron chi connectivity index (χ4n) is 5.04. The van der Waals surface area contributed by atoms with E-state index in [0.717, 1.165) is 42.9 Å². The Morgan fingerprint density at radius 1 is 1.11 bits per heavy atom. The molecule has 4 aromatic heterocycles. The minimum absolute atomic E-state index is 0.169. The van der Waals surface area contributed by atoms with E-state index in [2.05, 4.69) is 38.6 Å². The number of nitrogens with one attached hydrogen (secondary N) is 2. The molecule has 5 heterocycles. The number of hydrogen-bond acceptors (Lipinski definition) is 9. The molecular weight excluding hydrogens is 560 g/mol. The van der Waals surface area contributed by atoms with Crippen molar-refractivity contribution in [3.63, 3.8) is 0 Å². The molecule has 0 aliphatic carbocycles. The van der Waals surface area contributed by atoms with E-state index in [0.29, 0.717) is 22.5 Å². The largest absolute Gasteiger partial charge is 0.490 e. The normalized spacial score (nSPS) is 14.5. The van der Waals surface area contributed by atoms with Gasteiger partial charge in [-0.3, -0.25) is 9.78 Å². The minimum atomic E-state index is -0.584. The van der Waals surface area contributed by atoms with Gasteiger partial charge in [-0.05, 0) is 70.9 Å². The molecule has 0 atom stereocenters. The van der Waals surface area contributed by atoms with Crippen molar-refractivity contribution < 1.29 is 19.1 Å². The van der Waals surface area contributed by atoms with E-state index in [1.54, 1.807) is 62.1 Å². The van der Waals surface area contributed by atoms with Gasteiger partial charge in [-0.2, -0.15) is 10.4 Å². The van der Waals surface area contributed by atoms with E-state index in [4.69, 9.17) is 14.5 Å². The lowest BCUT2D eigenvalue weighted by molar-refractivity contribution is 0.0520. The van der Waals surface area contributed by atoms with Crippen LogP contribution in [-0.4, -0.2) is 69.0 Å². The molecule has 1 fully saturated rings. The van der Waals surface area contributed by atoms with Crippen LogP contribution in [0, 0.1) is 11.3 Å². The van der Waals surface area contributed by atoms with Gasteiger partial charge in [-0.15, -0.1) is 0 Å². The van der Waals surface area contributed by atoms with Gasteiger partial charge >= 0.3 is 6.09 Å². The van der Waals surface area contributed by atoms with Gasteiger partial charge in [0.15, 0.2) is 0 Å². The number of nitriles is 1. The molecule has 0 unspecified atom stereocenters. The van der Waals surface area contributed by atoms with Gasteiger partial charge in [-0.1, -0.05) is 6.07 Å². The van der Waals surface area contributed by atoms with Crippen LogP contribution in [-0.2, 0) is 4.74 Å². The van der Waals surface area contributed by atoms with Crippen molar-refractivity contribution in [2.45, 2.75) is 51.7 Å². The zero-order chi connectivity index (χ0) is 31.3. The van der Waals surface area contributed by atoms with Crippen molar-refractivity contribution in [3.05, 3.63) is 72.4 Å². The maximum Gasteiger partial charge on any atom is 0.407 e. The van der Waals surface area contributed by atoms with Crippen LogP contribution in [0.15, 0.2) is 61.2 Å². The molecule has 4 aromatic rings. The number of anilines is 1. The van der Waals surface area contributed by atoms with Crippen molar-refractivity contribution in [1.82, 2.24) is 30.2 Å². The number of alkyl carbamates (subject to hydrolysis) is 1. The van der Waals surface area contributed by atoms with Gasteiger partial charge in [0.1, 0.15) is 35.5 Å². The number of carbonyl (C=O) groups is 2. The molecule has 0 spiro atoms. The summed E-state index contributed by atoms with van der Waals surface area (Å²) in [6.07, 6.45) is 7.63. The number of amides is 2. The SMILES string of the molecule is CC1(NC(=O)c2ccccn2)CCN(c2ccc(-c3cc(OCCNC(=O)OC(C)(C)C)cn4ncc(C#N)c34)cn2)CC1. The number of hydrogen-bond donors (Lipinski definition) is 2. The van der Waals surface area contributed by atoms with Gasteiger partial charge in [-0.25, -0.2) is 14.3 Å². The fraction of sp³-hybridized carbons (Fsp3) is 0.375. The molecule has 0 radical (unpaired) electrons. The van der Waals surface area contributed by atoms with Crippen LogP contribution in [0.3, 0.4) is 0 Å². The van der Waals surface area contributed by atoms with Crippen LogP contribution in [0.25, 0.3) is 16.6 Å². The quantitative estimate of drug-likeness (QED) is 0.283. The Morgan fingerprint density at radius 2 is 1.91 bits per heavy atom. The first-order valence-corrected chi connectivity index (χ1v) is 14.5. The molecule has 2 N–H and O–H groups in total. The molecule has 1 aliphatic heterocycles. The number of piperidine rings is 1. The lowest BCUT2D eigenvalue weighted by atomic mass is 9.89. The van der Waals surface area contributed by atoms with Gasteiger partial charge in [0.2, 0.25) is 0 Å². The van der Waals surface area contributed by atoms with Gasteiger partial charge in [0.05, 0.1) is 30.0 Å². The maximum atomic E-state index is 12.7. The Balaban J connectivity index is 1.25. The number of ether oxygens (including phenoxy) is 2. The highest BCUT2D eigenvalue weighted by atomic mass is 16.6. The molecule has 0 bridgehead atoms. The van der Waals surface area contributed by atoms with Crippen LogP contribution in [0.4, 0.5) is 10.6 Å². The predicted molar refractivity (Wildman–Crippen MR) is 164 cm³/mol. The Morgan fingerprint density at radius 3 is 2.57 bits per heavy atom. The maximum absolute atomic E-state index is 12.7. The van der Waals surface area contributed by atoms with E-state index in [1.165, 1.54) is 6.20 Å². The van der Waals surface area contributed by atoms with Crippen molar-refractivity contribution in [2.75, 3.05) is 31.1 Å². The standard InChI is InChI=1S/C32H36N8O4/c1-31(2,3)44-30(42)35-13-16-43-24-17-25(28-23(18-33)20-37-40(28)21-24)22-8-9-27(36-19-22)39-14-10-32(4,11-15-39)38-29(41)26-7-5-6-12-34-26/h5-9,12,17,19-21H,10-11,13-16H2,1-4H3,(H,35,42)(H,38,41). The average Bonchev–Trinajstić information content (AvgIpc) is 3.42. The Kier molecular flexibility index (Phi) is 8.66. The Hall–Kier alpha value is -5.18. The highest BCUT2D eigenvalue weighted by Crippen LogP contribution is 2.32. The summed E-state index contributed by atoms with van der Waals surface area (Å²) in [4.78, 5) is 35.7. The summed E-state index contributed by atoms with van der Waals surface area (Å²) in [5, 5.41) is 19.9. The van der Waals surface area contributed by atoms with E-state index in [9.17, 15) is 14.9 Å². The number of carbonyl (C=O) groups excluding carboxylic acids is 2.